The highest BCUT2D eigenvalue weighted by Gasteiger charge is 2.10. The van der Waals surface area contributed by atoms with Crippen LogP contribution >= 0.6 is 11.6 Å². The molecule has 2 N–H and O–H groups in total. The maximum absolute atomic E-state index is 13.2. The van der Waals surface area contributed by atoms with E-state index in [1.165, 1.54) is 7.11 Å². The van der Waals surface area contributed by atoms with Gasteiger partial charge in [-0.1, -0.05) is 17.7 Å². The van der Waals surface area contributed by atoms with E-state index in [9.17, 15) is 4.39 Å². The SMILES string of the molecule is COc1c(Cl)ccc(CN)c1F. The van der Waals surface area contributed by atoms with Crippen LogP contribution in [0, 0.1) is 5.82 Å². The first-order chi connectivity index (χ1) is 5.70. The van der Waals surface area contributed by atoms with E-state index in [0.717, 1.165) is 0 Å². The largest absolute Gasteiger partial charge is 0.492 e. The second-order valence-corrected chi connectivity index (χ2v) is 2.67. The van der Waals surface area contributed by atoms with Gasteiger partial charge in [-0.3, -0.25) is 0 Å². The Kier molecular flexibility index (Phi) is 2.89. The van der Waals surface area contributed by atoms with Gasteiger partial charge in [-0.25, -0.2) is 4.39 Å². The number of hydrogen-bond donors (Lipinski definition) is 1. The van der Waals surface area contributed by atoms with Crippen LogP contribution in [-0.4, -0.2) is 7.11 Å². The Morgan fingerprint density at radius 2 is 2.25 bits per heavy atom. The van der Waals surface area contributed by atoms with Crippen LogP contribution in [-0.2, 0) is 6.54 Å². The first-order valence-electron chi connectivity index (χ1n) is 3.41. The van der Waals surface area contributed by atoms with Crippen molar-refractivity contribution in [3.8, 4) is 5.75 Å². The summed E-state index contributed by atoms with van der Waals surface area (Å²) in [5.41, 5.74) is 5.68. The second kappa shape index (κ2) is 3.74. The summed E-state index contributed by atoms with van der Waals surface area (Å²) >= 11 is 5.65. The van der Waals surface area contributed by atoms with Crippen LogP contribution < -0.4 is 10.5 Å². The van der Waals surface area contributed by atoms with Gasteiger partial charge in [0, 0.05) is 12.1 Å². The van der Waals surface area contributed by atoms with E-state index < -0.39 is 5.82 Å². The van der Waals surface area contributed by atoms with Crippen molar-refractivity contribution in [2.75, 3.05) is 7.11 Å². The first kappa shape index (κ1) is 9.29. The molecule has 0 saturated heterocycles. The van der Waals surface area contributed by atoms with Gasteiger partial charge in [-0.2, -0.15) is 0 Å². The molecule has 0 aliphatic heterocycles. The first-order valence-corrected chi connectivity index (χ1v) is 3.79. The smallest absolute Gasteiger partial charge is 0.173 e. The Bertz CT molecular complexity index is 291. The van der Waals surface area contributed by atoms with Crippen LogP contribution in [0.15, 0.2) is 12.1 Å². The Balaban J connectivity index is 3.24. The van der Waals surface area contributed by atoms with Gasteiger partial charge in [-0.15, -0.1) is 0 Å². The molecule has 0 fully saturated rings. The third-order valence-electron chi connectivity index (χ3n) is 1.55. The third-order valence-corrected chi connectivity index (χ3v) is 1.85. The molecule has 4 heteroatoms. The third kappa shape index (κ3) is 1.52. The van der Waals surface area contributed by atoms with Crippen molar-refractivity contribution in [3.05, 3.63) is 28.5 Å². The molecule has 0 radical (unpaired) electrons. The molecule has 12 heavy (non-hydrogen) atoms. The van der Waals surface area contributed by atoms with Crippen LogP contribution in [0.1, 0.15) is 5.56 Å². The summed E-state index contributed by atoms with van der Waals surface area (Å²) in [6.45, 7) is 0.138. The fourth-order valence-corrected chi connectivity index (χ4v) is 1.14. The summed E-state index contributed by atoms with van der Waals surface area (Å²) < 4.78 is 18.0. The highest BCUT2D eigenvalue weighted by Crippen LogP contribution is 2.29. The molecule has 0 aliphatic carbocycles. The Labute approximate surface area is 75.1 Å². The van der Waals surface area contributed by atoms with Crippen molar-refractivity contribution < 1.29 is 9.13 Å². The summed E-state index contributed by atoms with van der Waals surface area (Å²) in [7, 11) is 1.37. The predicted molar refractivity (Wildman–Crippen MR) is 45.9 cm³/mol. The van der Waals surface area contributed by atoms with Gasteiger partial charge < -0.3 is 10.5 Å². The molecule has 1 aromatic carbocycles. The molecule has 0 aliphatic rings. The van der Waals surface area contributed by atoms with Crippen molar-refractivity contribution in [2.45, 2.75) is 6.54 Å². The number of methoxy groups -OCH3 is 1. The van der Waals surface area contributed by atoms with Crippen LogP contribution in [0.5, 0.6) is 5.75 Å². The topological polar surface area (TPSA) is 35.2 Å². The lowest BCUT2D eigenvalue weighted by Gasteiger charge is -2.06. The molecule has 1 aromatic rings. The lowest BCUT2D eigenvalue weighted by atomic mass is 10.2. The Hall–Kier alpha value is -0.800. The minimum Gasteiger partial charge on any atom is -0.492 e. The van der Waals surface area contributed by atoms with Crippen molar-refractivity contribution in [3.63, 3.8) is 0 Å². The average Bonchev–Trinajstić information content (AvgIpc) is 2.06. The Morgan fingerprint density at radius 3 is 2.75 bits per heavy atom. The summed E-state index contributed by atoms with van der Waals surface area (Å²) in [6, 6.07) is 3.10. The van der Waals surface area contributed by atoms with Crippen LogP contribution in [0.3, 0.4) is 0 Å². The molecule has 0 atom stereocenters. The lowest BCUT2D eigenvalue weighted by Crippen LogP contribution is -2.01. The molecule has 0 saturated carbocycles. The highest BCUT2D eigenvalue weighted by molar-refractivity contribution is 6.32. The van der Waals surface area contributed by atoms with E-state index in [0.29, 0.717) is 5.56 Å². The zero-order valence-corrected chi connectivity index (χ0v) is 7.36. The number of nitrogens with two attached hydrogens (primary N) is 1. The minimum atomic E-state index is -0.479. The molecular weight excluding hydrogens is 181 g/mol. The molecule has 0 heterocycles. The molecule has 0 spiro atoms. The lowest BCUT2D eigenvalue weighted by molar-refractivity contribution is 0.384. The standard InChI is InChI=1S/C8H9ClFNO/c1-12-8-6(9)3-2-5(4-11)7(8)10/h2-3H,4,11H2,1H3. The fourth-order valence-electron chi connectivity index (χ4n) is 0.918. The van der Waals surface area contributed by atoms with Crippen LogP contribution in [0.4, 0.5) is 4.39 Å². The number of rotatable bonds is 2. The fraction of sp³-hybridized carbons (Fsp3) is 0.250. The van der Waals surface area contributed by atoms with Gasteiger partial charge in [0.05, 0.1) is 12.1 Å². The molecule has 0 unspecified atom stereocenters. The molecule has 2 nitrogen and oxygen atoms in total. The van der Waals surface area contributed by atoms with Gasteiger partial charge in [0.1, 0.15) is 0 Å². The van der Waals surface area contributed by atoms with E-state index in [1.54, 1.807) is 12.1 Å². The quantitative estimate of drug-likeness (QED) is 0.772. The van der Waals surface area contributed by atoms with Gasteiger partial charge >= 0.3 is 0 Å². The average molecular weight is 190 g/mol. The van der Waals surface area contributed by atoms with Crippen molar-refractivity contribution in [1.29, 1.82) is 0 Å². The highest BCUT2D eigenvalue weighted by atomic mass is 35.5. The number of hydrogen-bond acceptors (Lipinski definition) is 2. The van der Waals surface area contributed by atoms with E-state index in [2.05, 4.69) is 0 Å². The molecule has 66 valence electrons. The van der Waals surface area contributed by atoms with Gasteiger partial charge in [0.15, 0.2) is 11.6 Å². The normalized spacial score (nSPS) is 10.0. The zero-order chi connectivity index (χ0) is 9.14. The monoisotopic (exact) mass is 189 g/mol. The summed E-state index contributed by atoms with van der Waals surface area (Å²) in [4.78, 5) is 0. The van der Waals surface area contributed by atoms with Gasteiger partial charge in [0.25, 0.3) is 0 Å². The maximum atomic E-state index is 13.2. The van der Waals surface area contributed by atoms with Crippen molar-refractivity contribution >= 4 is 11.6 Å². The number of ether oxygens (including phenoxy) is 1. The molecule has 0 bridgehead atoms. The summed E-state index contributed by atoms with van der Waals surface area (Å²) in [6.07, 6.45) is 0. The van der Waals surface area contributed by atoms with E-state index in [4.69, 9.17) is 22.1 Å². The minimum absolute atomic E-state index is 0.0552. The molecule has 1 rings (SSSR count). The molecular formula is C8H9ClFNO. The predicted octanol–water partition coefficient (Wildman–Crippen LogP) is 1.95. The maximum Gasteiger partial charge on any atom is 0.173 e. The number of halogens is 2. The number of benzene rings is 1. The van der Waals surface area contributed by atoms with E-state index >= 15 is 0 Å². The molecule has 0 aromatic heterocycles. The van der Waals surface area contributed by atoms with E-state index in [1.807, 2.05) is 0 Å². The summed E-state index contributed by atoms with van der Waals surface area (Å²) in [5, 5.41) is 0.257. The van der Waals surface area contributed by atoms with Crippen molar-refractivity contribution in [1.82, 2.24) is 0 Å². The molecule has 0 amide bonds. The van der Waals surface area contributed by atoms with Gasteiger partial charge in [-0.05, 0) is 6.07 Å². The zero-order valence-electron chi connectivity index (χ0n) is 6.60. The van der Waals surface area contributed by atoms with E-state index in [-0.39, 0.29) is 17.3 Å². The van der Waals surface area contributed by atoms with Crippen LogP contribution in [0.25, 0.3) is 0 Å². The van der Waals surface area contributed by atoms with Gasteiger partial charge in [0.2, 0.25) is 0 Å². The van der Waals surface area contributed by atoms with Crippen molar-refractivity contribution in [2.24, 2.45) is 5.73 Å². The second-order valence-electron chi connectivity index (χ2n) is 2.26. The van der Waals surface area contributed by atoms with Crippen LogP contribution in [0.2, 0.25) is 5.02 Å². The Morgan fingerprint density at radius 1 is 1.58 bits per heavy atom. The summed E-state index contributed by atoms with van der Waals surface area (Å²) in [5.74, 6) is -0.424.